The van der Waals surface area contributed by atoms with Crippen LogP contribution in [-0.4, -0.2) is 25.8 Å². The highest BCUT2D eigenvalue weighted by Gasteiger charge is 2.34. The minimum absolute atomic E-state index is 0.0911. The molecule has 10 heteroatoms. The first-order valence-electron chi connectivity index (χ1n) is 7.67. The van der Waals surface area contributed by atoms with Crippen LogP contribution < -0.4 is 4.74 Å². The predicted molar refractivity (Wildman–Crippen MR) is 96.8 cm³/mol. The maximum absolute atomic E-state index is 12.8. The smallest absolute Gasteiger partial charge is 0.434 e. The number of hydrogen-bond donors (Lipinski definition) is 0. The van der Waals surface area contributed by atoms with E-state index in [1.807, 2.05) is 6.26 Å². The molecule has 2 heterocycles. The van der Waals surface area contributed by atoms with Gasteiger partial charge < -0.3 is 9.30 Å². The van der Waals surface area contributed by atoms with Crippen molar-refractivity contribution in [2.45, 2.75) is 17.7 Å². The van der Waals surface area contributed by atoms with E-state index < -0.39 is 11.9 Å². The van der Waals surface area contributed by atoms with Crippen LogP contribution in [-0.2, 0) is 19.8 Å². The lowest BCUT2D eigenvalue weighted by atomic mass is 10.1. The summed E-state index contributed by atoms with van der Waals surface area (Å²) in [5.74, 6) is 0.618. The van der Waals surface area contributed by atoms with Gasteiger partial charge in [-0.05, 0) is 23.4 Å². The summed E-state index contributed by atoms with van der Waals surface area (Å²) in [7, 11) is 1.53. The van der Waals surface area contributed by atoms with E-state index in [0.717, 1.165) is 16.7 Å². The van der Waals surface area contributed by atoms with Crippen molar-refractivity contribution in [2.75, 3.05) is 6.26 Å². The van der Waals surface area contributed by atoms with Crippen LogP contribution in [0.25, 0.3) is 11.4 Å². The van der Waals surface area contributed by atoms with Gasteiger partial charge in [0.25, 0.3) is 0 Å². The third-order valence-corrected chi connectivity index (χ3v) is 4.57. The number of ether oxygens (including phenoxy) is 1. The van der Waals surface area contributed by atoms with Crippen LogP contribution in [0.5, 0.6) is 5.88 Å². The fraction of sp³-hybridized carbons (Fsp3) is 0.235. The molecule has 0 fully saturated rings. The van der Waals surface area contributed by atoms with Crippen molar-refractivity contribution in [3.8, 4) is 17.3 Å². The molecule has 0 N–H and O–H groups in total. The van der Waals surface area contributed by atoms with Crippen molar-refractivity contribution in [2.24, 2.45) is 7.05 Å². The van der Waals surface area contributed by atoms with E-state index in [1.54, 1.807) is 30.5 Å². The summed E-state index contributed by atoms with van der Waals surface area (Å²) in [5, 5.41) is 0.0911. The zero-order chi connectivity index (χ0) is 19.6. The molecule has 1 aromatic carbocycles. The van der Waals surface area contributed by atoms with Crippen LogP contribution in [0.3, 0.4) is 0 Å². The molecule has 0 saturated carbocycles. The van der Waals surface area contributed by atoms with Gasteiger partial charge in [-0.1, -0.05) is 24.3 Å². The minimum atomic E-state index is -4.47. The average molecular weight is 415 g/mol. The SMILES string of the molecule is CSc1cnc(Cl)nc1OCc1ccc(-c2nc(C(F)(F)F)cn2C)cc1. The van der Waals surface area contributed by atoms with Gasteiger partial charge in [-0.3, -0.25) is 0 Å². The largest absolute Gasteiger partial charge is 0.472 e. The molecule has 0 saturated heterocycles. The van der Waals surface area contributed by atoms with Gasteiger partial charge in [0.15, 0.2) is 5.69 Å². The van der Waals surface area contributed by atoms with Crippen LogP contribution in [0, 0.1) is 0 Å². The van der Waals surface area contributed by atoms with Crippen LogP contribution >= 0.6 is 23.4 Å². The number of alkyl halides is 3. The van der Waals surface area contributed by atoms with E-state index in [4.69, 9.17) is 16.3 Å². The van der Waals surface area contributed by atoms with Crippen molar-refractivity contribution in [1.82, 2.24) is 19.5 Å². The number of aryl methyl sites for hydroxylation is 1. The fourth-order valence-corrected chi connectivity index (χ4v) is 2.91. The second-order valence-corrected chi connectivity index (χ2v) is 6.74. The molecule has 3 aromatic rings. The third-order valence-electron chi connectivity index (χ3n) is 3.67. The molecule has 0 radical (unpaired) electrons. The molecule has 0 aliphatic rings. The Morgan fingerprint density at radius 2 is 1.89 bits per heavy atom. The number of hydrogen-bond acceptors (Lipinski definition) is 5. The molecule has 0 aliphatic heterocycles. The molecule has 3 rings (SSSR count). The van der Waals surface area contributed by atoms with Crippen LogP contribution in [0.4, 0.5) is 13.2 Å². The zero-order valence-corrected chi connectivity index (χ0v) is 15.9. The summed E-state index contributed by atoms with van der Waals surface area (Å²) in [6, 6.07) is 6.92. The molecule has 0 aliphatic carbocycles. The molecule has 5 nitrogen and oxygen atoms in total. The molecule has 2 aromatic heterocycles. The lowest BCUT2D eigenvalue weighted by molar-refractivity contribution is -0.140. The van der Waals surface area contributed by atoms with Crippen molar-refractivity contribution in [3.63, 3.8) is 0 Å². The second-order valence-electron chi connectivity index (χ2n) is 5.56. The van der Waals surface area contributed by atoms with Gasteiger partial charge in [0.2, 0.25) is 11.2 Å². The Morgan fingerprint density at radius 3 is 2.48 bits per heavy atom. The first kappa shape index (κ1) is 19.5. The number of aromatic nitrogens is 4. The lowest BCUT2D eigenvalue weighted by Gasteiger charge is -2.09. The lowest BCUT2D eigenvalue weighted by Crippen LogP contribution is -2.04. The van der Waals surface area contributed by atoms with E-state index in [-0.39, 0.29) is 17.7 Å². The molecular weight excluding hydrogens is 401 g/mol. The van der Waals surface area contributed by atoms with Gasteiger partial charge in [-0.25, -0.2) is 9.97 Å². The van der Waals surface area contributed by atoms with Crippen LogP contribution in [0.15, 0.2) is 41.6 Å². The minimum Gasteiger partial charge on any atom is -0.472 e. The monoisotopic (exact) mass is 414 g/mol. The van der Waals surface area contributed by atoms with Crippen molar-refractivity contribution in [3.05, 3.63) is 53.2 Å². The summed E-state index contributed by atoms with van der Waals surface area (Å²) in [6.45, 7) is 0.232. The summed E-state index contributed by atoms with van der Waals surface area (Å²) in [6.07, 6.45) is -0.0548. The first-order chi connectivity index (χ1) is 12.8. The number of halogens is 4. The summed E-state index contributed by atoms with van der Waals surface area (Å²) >= 11 is 7.23. The number of nitrogens with zero attached hydrogens (tertiary/aromatic N) is 4. The highest BCUT2D eigenvalue weighted by atomic mass is 35.5. The van der Waals surface area contributed by atoms with Crippen molar-refractivity contribution in [1.29, 1.82) is 0 Å². The van der Waals surface area contributed by atoms with Gasteiger partial charge in [-0.15, -0.1) is 11.8 Å². The van der Waals surface area contributed by atoms with E-state index in [1.165, 1.54) is 23.4 Å². The number of benzene rings is 1. The Labute approximate surface area is 162 Å². The maximum atomic E-state index is 12.8. The molecular formula is C17H14ClF3N4OS. The van der Waals surface area contributed by atoms with Gasteiger partial charge in [0.1, 0.15) is 12.4 Å². The van der Waals surface area contributed by atoms with Crippen molar-refractivity contribution >= 4 is 23.4 Å². The zero-order valence-electron chi connectivity index (χ0n) is 14.3. The van der Waals surface area contributed by atoms with Gasteiger partial charge in [-0.2, -0.15) is 18.2 Å². The number of imidazole rings is 1. The van der Waals surface area contributed by atoms with Crippen LogP contribution in [0.1, 0.15) is 11.3 Å². The molecule has 27 heavy (non-hydrogen) atoms. The normalized spacial score (nSPS) is 11.6. The van der Waals surface area contributed by atoms with E-state index in [0.29, 0.717) is 11.4 Å². The van der Waals surface area contributed by atoms with Crippen molar-refractivity contribution < 1.29 is 17.9 Å². The average Bonchev–Trinajstić information content (AvgIpc) is 3.03. The summed E-state index contributed by atoms with van der Waals surface area (Å²) in [4.78, 5) is 12.4. The van der Waals surface area contributed by atoms with Crippen LogP contribution in [0.2, 0.25) is 5.28 Å². The Hall–Kier alpha value is -2.26. The number of thioether (sulfide) groups is 1. The Bertz CT molecular complexity index is 944. The fourth-order valence-electron chi connectivity index (χ4n) is 2.35. The Kier molecular flexibility index (Phi) is 5.61. The van der Waals surface area contributed by atoms with Gasteiger partial charge >= 0.3 is 6.18 Å². The quantitative estimate of drug-likeness (QED) is 0.441. The molecule has 142 valence electrons. The first-order valence-corrected chi connectivity index (χ1v) is 9.27. The predicted octanol–water partition coefficient (Wildman–Crippen LogP) is 4.85. The summed E-state index contributed by atoms with van der Waals surface area (Å²) in [5.41, 5.74) is 0.482. The van der Waals surface area contributed by atoms with Gasteiger partial charge in [0, 0.05) is 25.0 Å². The van der Waals surface area contributed by atoms with Gasteiger partial charge in [0.05, 0.1) is 4.90 Å². The number of rotatable bonds is 5. The maximum Gasteiger partial charge on any atom is 0.434 e. The Balaban J connectivity index is 1.75. The van der Waals surface area contributed by atoms with E-state index in [9.17, 15) is 13.2 Å². The molecule has 0 spiro atoms. The standard InChI is InChI=1S/C17H14ClF3N4OS/c1-25-8-13(17(19,20)21)23-14(25)11-5-3-10(4-6-11)9-26-15-12(27-2)7-22-16(18)24-15/h3-8H,9H2,1-2H3. The highest BCUT2D eigenvalue weighted by Crippen LogP contribution is 2.31. The third kappa shape index (κ3) is 4.54. The van der Waals surface area contributed by atoms with E-state index in [2.05, 4.69) is 15.0 Å². The van der Waals surface area contributed by atoms with E-state index >= 15 is 0 Å². The highest BCUT2D eigenvalue weighted by molar-refractivity contribution is 7.98. The topological polar surface area (TPSA) is 52.8 Å². The molecule has 0 unspecified atom stereocenters. The molecule has 0 bridgehead atoms. The molecule has 0 amide bonds. The molecule has 0 atom stereocenters. The second kappa shape index (κ2) is 7.77. The Morgan fingerprint density at radius 1 is 1.19 bits per heavy atom. The summed E-state index contributed by atoms with van der Waals surface area (Å²) < 4.78 is 45.4.